The molecule has 4 rings (SSSR count). The Labute approximate surface area is 182 Å². The summed E-state index contributed by atoms with van der Waals surface area (Å²) in [6, 6.07) is 14.3. The van der Waals surface area contributed by atoms with Crippen molar-refractivity contribution in [3.8, 4) is 0 Å². The number of morpholine rings is 1. The van der Waals surface area contributed by atoms with Crippen LogP contribution in [0.15, 0.2) is 47.3 Å². The summed E-state index contributed by atoms with van der Waals surface area (Å²) in [7, 11) is 3.54. The number of hydrogen-bond acceptors (Lipinski definition) is 4. The largest absolute Gasteiger partial charge is 0.378 e. The molecule has 7 heteroatoms. The fourth-order valence-electron chi connectivity index (χ4n) is 4.16. The van der Waals surface area contributed by atoms with Gasteiger partial charge in [-0.25, -0.2) is 4.79 Å². The van der Waals surface area contributed by atoms with Crippen molar-refractivity contribution >= 4 is 22.6 Å². The molecular weight excluding hydrogens is 392 g/mol. The number of carbonyl (C=O) groups excluding carboxylic acids is 1. The first-order valence-electron chi connectivity index (χ1n) is 10.8. The summed E-state index contributed by atoms with van der Waals surface area (Å²) < 4.78 is 8.69. The molecule has 1 aliphatic rings. The lowest BCUT2D eigenvalue weighted by Gasteiger charge is -2.29. The quantitative estimate of drug-likeness (QED) is 0.663. The van der Waals surface area contributed by atoms with Crippen LogP contribution in [0.4, 0.5) is 5.69 Å². The third-order valence-electron chi connectivity index (χ3n) is 6.12. The first kappa shape index (κ1) is 21.2. The summed E-state index contributed by atoms with van der Waals surface area (Å²) in [5, 5.41) is 3.10. The van der Waals surface area contributed by atoms with Crippen LogP contribution in [0.25, 0.3) is 11.0 Å². The second kappa shape index (κ2) is 8.98. The third kappa shape index (κ3) is 4.51. The predicted octanol–water partition coefficient (Wildman–Crippen LogP) is 2.52. The average Bonchev–Trinajstić information content (AvgIpc) is 3.02. The first-order chi connectivity index (χ1) is 14.9. The maximum Gasteiger partial charge on any atom is 0.328 e. The molecule has 0 bridgehead atoms. The standard InChI is InChI=1S/C24H30N4O3/c1-17(19-6-8-20(9-7-19)28-12-14-31-15-13-28)25-23(29)11-5-18-4-10-21-22(16-18)27(3)24(30)26(21)2/h4,6-10,16-17H,5,11-15H2,1-3H3,(H,25,29). The number of anilines is 1. The van der Waals surface area contributed by atoms with Crippen molar-refractivity contribution in [2.75, 3.05) is 31.2 Å². The Morgan fingerprint density at radius 2 is 1.71 bits per heavy atom. The van der Waals surface area contributed by atoms with E-state index < -0.39 is 0 Å². The van der Waals surface area contributed by atoms with Crippen LogP contribution in [-0.2, 0) is 30.0 Å². The molecule has 3 aromatic rings. The highest BCUT2D eigenvalue weighted by Gasteiger charge is 2.14. The molecule has 2 aromatic carbocycles. The lowest BCUT2D eigenvalue weighted by molar-refractivity contribution is -0.121. The lowest BCUT2D eigenvalue weighted by Crippen LogP contribution is -2.36. The van der Waals surface area contributed by atoms with Crippen molar-refractivity contribution < 1.29 is 9.53 Å². The summed E-state index contributed by atoms with van der Waals surface area (Å²) in [6.45, 7) is 5.36. The molecule has 1 aromatic heterocycles. The van der Waals surface area contributed by atoms with E-state index >= 15 is 0 Å². The zero-order valence-electron chi connectivity index (χ0n) is 18.4. The van der Waals surface area contributed by atoms with Gasteiger partial charge in [0.2, 0.25) is 5.91 Å². The van der Waals surface area contributed by atoms with Gasteiger partial charge in [-0.15, -0.1) is 0 Å². The summed E-state index contributed by atoms with van der Waals surface area (Å²) in [5.74, 6) is 0.0202. The van der Waals surface area contributed by atoms with Crippen molar-refractivity contribution in [2.45, 2.75) is 25.8 Å². The van der Waals surface area contributed by atoms with Gasteiger partial charge < -0.3 is 15.0 Å². The molecule has 1 amide bonds. The molecular formula is C24H30N4O3. The van der Waals surface area contributed by atoms with E-state index in [0.29, 0.717) is 12.8 Å². The van der Waals surface area contributed by atoms with Crippen LogP contribution in [0.3, 0.4) is 0 Å². The van der Waals surface area contributed by atoms with Gasteiger partial charge in [-0.1, -0.05) is 18.2 Å². The molecule has 2 heterocycles. The van der Waals surface area contributed by atoms with Gasteiger partial charge in [-0.05, 0) is 48.7 Å². The van der Waals surface area contributed by atoms with E-state index in [1.807, 2.05) is 25.1 Å². The van der Waals surface area contributed by atoms with E-state index in [2.05, 4.69) is 34.5 Å². The van der Waals surface area contributed by atoms with Crippen molar-refractivity contribution in [2.24, 2.45) is 14.1 Å². The minimum Gasteiger partial charge on any atom is -0.378 e. The maximum atomic E-state index is 12.5. The monoisotopic (exact) mass is 422 g/mol. The highest BCUT2D eigenvalue weighted by molar-refractivity contribution is 5.78. The molecule has 0 spiro atoms. The van der Waals surface area contributed by atoms with Crippen LogP contribution >= 0.6 is 0 Å². The maximum absolute atomic E-state index is 12.5. The van der Waals surface area contributed by atoms with E-state index in [1.54, 1.807) is 23.2 Å². The molecule has 164 valence electrons. The normalized spacial score (nSPS) is 15.3. The highest BCUT2D eigenvalue weighted by atomic mass is 16.5. The second-order valence-electron chi connectivity index (χ2n) is 8.20. The number of aryl methyl sites for hydroxylation is 3. The SMILES string of the molecule is CC(NC(=O)CCc1ccc2c(c1)n(C)c(=O)n2C)c1ccc(N2CCOCC2)cc1. The fraction of sp³-hybridized carbons (Fsp3) is 0.417. The average molecular weight is 423 g/mol. The van der Waals surface area contributed by atoms with Crippen LogP contribution in [-0.4, -0.2) is 41.3 Å². The van der Waals surface area contributed by atoms with Gasteiger partial charge in [-0.2, -0.15) is 0 Å². The molecule has 0 radical (unpaired) electrons. The summed E-state index contributed by atoms with van der Waals surface area (Å²) >= 11 is 0. The van der Waals surface area contributed by atoms with Gasteiger partial charge in [-0.3, -0.25) is 13.9 Å². The van der Waals surface area contributed by atoms with Crippen molar-refractivity contribution in [1.29, 1.82) is 0 Å². The van der Waals surface area contributed by atoms with Crippen molar-refractivity contribution in [1.82, 2.24) is 14.5 Å². The molecule has 0 aliphatic carbocycles. The topological polar surface area (TPSA) is 68.5 Å². The molecule has 1 saturated heterocycles. The molecule has 1 fully saturated rings. The molecule has 1 atom stereocenters. The smallest absolute Gasteiger partial charge is 0.328 e. The number of nitrogens with one attached hydrogen (secondary N) is 1. The summed E-state index contributed by atoms with van der Waals surface area (Å²) in [4.78, 5) is 26.9. The number of fused-ring (bicyclic) bond motifs is 1. The van der Waals surface area contributed by atoms with Crippen LogP contribution in [0.2, 0.25) is 0 Å². The zero-order chi connectivity index (χ0) is 22.0. The molecule has 1 N–H and O–H groups in total. The first-order valence-corrected chi connectivity index (χ1v) is 10.8. The zero-order valence-corrected chi connectivity index (χ0v) is 18.4. The van der Waals surface area contributed by atoms with Gasteiger partial charge in [0, 0.05) is 39.3 Å². The second-order valence-corrected chi connectivity index (χ2v) is 8.20. The Bertz CT molecular complexity index is 1120. The minimum atomic E-state index is -0.0522. The molecule has 1 aliphatic heterocycles. The number of rotatable bonds is 6. The van der Waals surface area contributed by atoms with Crippen LogP contribution < -0.4 is 15.9 Å². The molecule has 7 nitrogen and oxygen atoms in total. The number of amides is 1. The Kier molecular flexibility index (Phi) is 6.13. The summed E-state index contributed by atoms with van der Waals surface area (Å²) in [6.07, 6.45) is 1.04. The molecule has 0 saturated carbocycles. The highest BCUT2D eigenvalue weighted by Crippen LogP contribution is 2.20. The Morgan fingerprint density at radius 1 is 1.03 bits per heavy atom. The van der Waals surface area contributed by atoms with E-state index in [9.17, 15) is 9.59 Å². The molecule has 31 heavy (non-hydrogen) atoms. The predicted molar refractivity (Wildman–Crippen MR) is 123 cm³/mol. The van der Waals surface area contributed by atoms with Crippen LogP contribution in [0, 0.1) is 0 Å². The number of imidazole rings is 1. The van der Waals surface area contributed by atoms with Gasteiger partial charge in [0.05, 0.1) is 30.3 Å². The van der Waals surface area contributed by atoms with E-state index in [4.69, 9.17) is 4.74 Å². The fourth-order valence-corrected chi connectivity index (χ4v) is 4.16. The number of hydrogen-bond donors (Lipinski definition) is 1. The Balaban J connectivity index is 1.33. The van der Waals surface area contributed by atoms with Crippen LogP contribution in [0.1, 0.15) is 30.5 Å². The van der Waals surface area contributed by atoms with Crippen molar-refractivity contribution in [3.63, 3.8) is 0 Å². The Morgan fingerprint density at radius 3 is 2.42 bits per heavy atom. The number of benzene rings is 2. The van der Waals surface area contributed by atoms with Gasteiger partial charge in [0.1, 0.15) is 0 Å². The van der Waals surface area contributed by atoms with E-state index in [0.717, 1.165) is 48.5 Å². The molecule has 1 unspecified atom stereocenters. The van der Waals surface area contributed by atoms with Crippen LogP contribution in [0.5, 0.6) is 0 Å². The van der Waals surface area contributed by atoms with E-state index in [-0.39, 0.29) is 17.6 Å². The van der Waals surface area contributed by atoms with Gasteiger partial charge >= 0.3 is 5.69 Å². The number of ether oxygens (including phenoxy) is 1. The lowest BCUT2D eigenvalue weighted by atomic mass is 10.1. The summed E-state index contributed by atoms with van der Waals surface area (Å²) in [5.41, 5.74) is 5.07. The van der Waals surface area contributed by atoms with Crippen molar-refractivity contribution in [3.05, 3.63) is 64.1 Å². The van der Waals surface area contributed by atoms with E-state index in [1.165, 1.54) is 5.69 Å². The minimum absolute atomic E-state index is 0.0202. The van der Waals surface area contributed by atoms with Gasteiger partial charge in [0.15, 0.2) is 0 Å². The number of carbonyl (C=O) groups is 1. The van der Waals surface area contributed by atoms with Gasteiger partial charge in [0.25, 0.3) is 0 Å². The number of aromatic nitrogens is 2. The number of nitrogens with zero attached hydrogens (tertiary/aromatic N) is 3. The Hall–Kier alpha value is -3.06. The third-order valence-corrected chi connectivity index (χ3v) is 6.12.